The molecule has 2 aromatic carbocycles. The van der Waals surface area contributed by atoms with Gasteiger partial charge in [0.05, 0.1) is 113 Å². The van der Waals surface area contributed by atoms with E-state index in [1.807, 2.05) is 218 Å². The van der Waals surface area contributed by atoms with E-state index in [1.54, 1.807) is 49.6 Å². The van der Waals surface area contributed by atoms with Crippen molar-refractivity contribution < 1.29 is 156 Å². The Bertz CT molecular complexity index is 3860. The van der Waals surface area contributed by atoms with Gasteiger partial charge in [0.2, 0.25) is 0 Å². The molecule has 30 heteroatoms. The van der Waals surface area contributed by atoms with Crippen molar-refractivity contribution >= 4 is 136 Å². The van der Waals surface area contributed by atoms with Crippen LogP contribution in [0.15, 0.2) is 268 Å². The molecule has 0 amide bonds. The molecule has 0 aliphatic heterocycles. The van der Waals surface area contributed by atoms with Crippen molar-refractivity contribution in [3.63, 3.8) is 0 Å². The second-order valence-corrected chi connectivity index (χ2v) is 25.6. The number of pyridine rings is 12. The van der Waals surface area contributed by atoms with Crippen molar-refractivity contribution in [3.05, 3.63) is 324 Å². The van der Waals surface area contributed by atoms with Gasteiger partial charge < -0.3 is 95.9 Å². The van der Waals surface area contributed by atoms with Crippen LogP contribution in [0.2, 0.25) is 0 Å². The third-order valence-corrected chi connectivity index (χ3v) is 18.4. The third-order valence-electron chi connectivity index (χ3n) is 12.7. The first kappa shape index (κ1) is 92.3. The second-order valence-electron chi connectivity index (χ2n) is 19.1. The van der Waals surface area contributed by atoms with Gasteiger partial charge >= 0.3 is 33.6 Å². The summed E-state index contributed by atoms with van der Waals surface area (Å²) in [4.78, 5) is 52.8. The zero-order chi connectivity index (χ0) is 67.8. The van der Waals surface area contributed by atoms with Crippen LogP contribution in [0.5, 0.6) is 0 Å². The Morgan fingerprint density at radius 2 is 0.275 bits per heavy atom. The normalized spacial score (nSPS) is 9.69. The Labute approximate surface area is 755 Å². The van der Waals surface area contributed by atoms with Crippen LogP contribution in [0, 0.1) is 56.3 Å². The number of benzene rings is 2. The molecule has 0 aliphatic rings. The zero-order valence-electron chi connectivity index (χ0n) is 51.5. The van der Waals surface area contributed by atoms with Crippen LogP contribution < -0.4 is 95.9 Å². The van der Waals surface area contributed by atoms with E-state index >= 15 is 0 Å². The minimum Gasteiger partial charge on any atom is -1.00 e. The molecular weight excluding hydrogens is 2530 g/mol. The molecule has 0 saturated carbocycles. The van der Waals surface area contributed by atoms with Crippen molar-refractivity contribution in [1.29, 1.82) is 0 Å². The van der Waals surface area contributed by atoms with Crippen LogP contribution in [0.4, 0.5) is 26.3 Å². The number of aromatic nitrogens is 12. The minimum atomic E-state index is -0.827. The first-order chi connectivity index (χ1) is 46.7. The maximum atomic E-state index is 12.9. The smallest absolute Gasteiger partial charge is 1.00 e. The molecule has 0 aliphatic carbocycles. The molecule has 12 nitrogen and oxygen atoms in total. The molecule has 0 spiro atoms. The summed E-state index contributed by atoms with van der Waals surface area (Å²) in [5.41, 5.74) is 13.8. The predicted octanol–water partition coefficient (Wildman–Crippen LogP) is 8.67. The monoisotopic (exact) mass is 2580 g/mol. The summed E-state index contributed by atoms with van der Waals surface area (Å²) in [5, 5.41) is 0. The quantitative estimate of drug-likeness (QED) is 0.0619. The number of hydrogen-bond acceptors (Lipinski definition) is 12. The van der Waals surface area contributed by atoms with Gasteiger partial charge in [0, 0.05) is 49.6 Å². The Kier molecular flexibility index (Phi) is 43.9. The Morgan fingerprint density at radius 1 is 0.167 bits per heavy atom. The van der Waals surface area contributed by atoms with E-state index in [2.05, 4.69) is 59.8 Å². The maximum absolute atomic E-state index is 12.9. The SMILES string of the molecule is Fc1c(I)c(F)c(I)c(F)c1I.Fc1c(I)c(F)c(I)c(F)c1I.[Co+2].[Co+2].[I-].[I-].[I-].[I-].c1ccc(-c2cccc(-c3ccccn3)n2)nc1.c1ccc(-c2cccc(-c3ccccn3)n2)nc1.c1ccc(-c2cccc(-c3ccccn3)n2)nc1.c1ccc(-c2cccc(-c3ccccn3)n2)nc1. The molecule has 522 valence electrons. The molecule has 0 bridgehead atoms. The molecule has 12 heterocycles. The molecule has 12 aromatic heterocycles. The van der Waals surface area contributed by atoms with Gasteiger partial charge in [-0.25, -0.2) is 46.3 Å². The summed E-state index contributed by atoms with van der Waals surface area (Å²) in [6.07, 6.45) is 14.1. The van der Waals surface area contributed by atoms with Gasteiger partial charge in [0.15, 0.2) is 34.9 Å². The van der Waals surface area contributed by atoms with Gasteiger partial charge in [-0.3, -0.25) is 39.9 Å². The van der Waals surface area contributed by atoms with Crippen LogP contribution in [-0.2, 0) is 33.6 Å². The molecule has 14 aromatic rings. The molecule has 0 N–H and O–H groups in total. The van der Waals surface area contributed by atoms with Crippen molar-refractivity contribution in [1.82, 2.24) is 59.8 Å². The van der Waals surface area contributed by atoms with Crippen molar-refractivity contribution in [2.75, 3.05) is 0 Å². The average molecular weight is 2580 g/mol. The van der Waals surface area contributed by atoms with Gasteiger partial charge in [-0.05, 0) is 281 Å². The number of rotatable bonds is 8. The van der Waals surface area contributed by atoms with Gasteiger partial charge in [0.1, 0.15) is 0 Å². The van der Waals surface area contributed by atoms with Gasteiger partial charge in [-0.15, -0.1) is 0 Å². The molecule has 14 rings (SSSR count). The summed E-state index contributed by atoms with van der Waals surface area (Å²) < 4.78 is 76.6. The first-order valence-electron chi connectivity index (χ1n) is 28.2. The minimum absolute atomic E-state index is 0. The predicted molar refractivity (Wildman–Crippen MR) is 412 cm³/mol. The Hall–Kier alpha value is -3.87. The van der Waals surface area contributed by atoms with E-state index in [0.717, 1.165) is 91.1 Å². The van der Waals surface area contributed by atoms with Crippen LogP contribution in [0.25, 0.3) is 91.1 Å². The molecule has 0 atom stereocenters. The van der Waals surface area contributed by atoms with E-state index in [4.69, 9.17) is 0 Å². The van der Waals surface area contributed by atoms with Gasteiger partial charge in [0.25, 0.3) is 0 Å². The van der Waals surface area contributed by atoms with Crippen LogP contribution in [-0.4, -0.2) is 59.8 Å². The molecule has 0 unspecified atom stereocenters. The summed E-state index contributed by atoms with van der Waals surface area (Å²) in [6.45, 7) is 0. The fourth-order valence-electron chi connectivity index (χ4n) is 8.15. The maximum Gasteiger partial charge on any atom is 2.00 e. The summed E-state index contributed by atoms with van der Waals surface area (Å²) >= 11 is 9.06. The standard InChI is InChI=1S/4C15H11N3.2C6F3I3.2Co.4HI/c4*1-3-10-16-12(6-1)14-8-5-9-15(18-14)13-7-2-4-11-17-13;2*7-1-4(10)2(8)6(12)3(9)5(1)11;;;;;;/h4*1-11H;;;;;4*1H/q;;;;;;2*+2;;;;/p-4. The average Bonchev–Trinajstić information content (AvgIpc) is 0.828. The van der Waals surface area contributed by atoms with Crippen LogP contribution in [0.1, 0.15) is 0 Å². The molecule has 102 heavy (non-hydrogen) atoms. The van der Waals surface area contributed by atoms with Gasteiger partial charge in [-0.1, -0.05) is 72.8 Å². The fraction of sp³-hybridized carbons (Fsp3) is 0. The van der Waals surface area contributed by atoms with E-state index < -0.39 is 34.9 Å². The third kappa shape index (κ3) is 26.8. The van der Waals surface area contributed by atoms with E-state index in [0.29, 0.717) is 0 Å². The fourth-order valence-corrected chi connectivity index (χ4v) is 14.5. The van der Waals surface area contributed by atoms with Crippen molar-refractivity contribution in [2.24, 2.45) is 0 Å². The van der Waals surface area contributed by atoms with E-state index in [1.165, 1.54) is 136 Å². The van der Waals surface area contributed by atoms with E-state index in [9.17, 15) is 26.3 Å². The Morgan fingerprint density at radius 3 is 0.373 bits per heavy atom. The molecule has 0 saturated heterocycles. The van der Waals surface area contributed by atoms with Crippen LogP contribution >= 0.6 is 136 Å². The number of halogens is 16. The molecule has 2 radical (unpaired) electrons. The zero-order valence-corrected chi connectivity index (χ0v) is 75.1. The molecular formula is C72H44Co2F6I10N12. The van der Waals surface area contributed by atoms with Gasteiger partial charge in [-0.2, -0.15) is 0 Å². The largest absolute Gasteiger partial charge is 2.00 e. The number of nitrogens with zero attached hydrogens (tertiary/aromatic N) is 12. The molecule has 0 fully saturated rings. The van der Waals surface area contributed by atoms with Crippen LogP contribution in [0.3, 0.4) is 0 Å². The second kappa shape index (κ2) is 48.4. The summed E-state index contributed by atoms with van der Waals surface area (Å²) in [6, 6.07) is 69.9. The summed E-state index contributed by atoms with van der Waals surface area (Å²) in [5.74, 6) is -4.96. The topological polar surface area (TPSA) is 155 Å². The van der Waals surface area contributed by atoms with E-state index in [-0.39, 0.29) is 151 Å². The van der Waals surface area contributed by atoms with Crippen molar-refractivity contribution in [2.45, 2.75) is 0 Å². The Balaban J connectivity index is 0.000000317. The first-order valence-corrected chi connectivity index (χ1v) is 34.7. The summed E-state index contributed by atoms with van der Waals surface area (Å²) in [7, 11) is 0. The number of hydrogen-bond donors (Lipinski definition) is 0. The van der Waals surface area contributed by atoms with Crippen molar-refractivity contribution in [3.8, 4) is 91.1 Å².